The Morgan fingerprint density at radius 3 is 2.55 bits per heavy atom. The van der Waals surface area contributed by atoms with Crippen molar-refractivity contribution in [1.82, 2.24) is 4.57 Å². The molecule has 6 nitrogen and oxygen atoms in total. The number of nitriles is 1. The summed E-state index contributed by atoms with van der Waals surface area (Å²) < 4.78 is 7.07. The molecule has 1 saturated carbocycles. The van der Waals surface area contributed by atoms with Crippen LogP contribution in [0, 0.1) is 32.1 Å². The first-order chi connectivity index (χ1) is 13.8. The Bertz CT molecular complexity index is 1250. The molecule has 1 aliphatic rings. The number of aromatic nitrogens is 1. The fourth-order valence-corrected chi connectivity index (χ4v) is 4.36. The Balaban J connectivity index is 1.96. The highest BCUT2D eigenvalue weighted by Gasteiger charge is 2.31. The van der Waals surface area contributed by atoms with E-state index in [9.17, 15) is 20.0 Å². The number of hydrogen-bond donors (Lipinski definition) is 1. The van der Waals surface area contributed by atoms with E-state index in [4.69, 9.17) is 4.42 Å². The number of carbonyl (C=O) groups is 1. The van der Waals surface area contributed by atoms with Gasteiger partial charge in [0, 0.05) is 17.0 Å². The molecule has 1 aromatic carbocycles. The van der Waals surface area contributed by atoms with Crippen molar-refractivity contribution in [3.63, 3.8) is 0 Å². The van der Waals surface area contributed by atoms with Gasteiger partial charge in [-0.15, -0.1) is 0 Å². The lowest BCUT2D eigenvalue weighted by atomic mass is 9.98. The van der Waals surface area contributed by atoms with Crippen molar-refractivity contribution in [3.8, 4) is 11.9 Å². The minimum atomic E-state index is -0.539. The van der Waals surface area contributed by atoms with Crippen molar-refractivity contribution in [2.45, 2.75) is 52.5 Å². The van der Waals surface area contributed by atoms with Crippen molar-refractivity contribution in [2.75, 3.05) is 0 Å². The summed E-state index contributed by atoms with van der Waals surface area (Å²) in [6, 6.07) is 7.41. The van der Waals surface area contributed by atoms with Crippen LogP contribution in [0.15, 0.2) is 27.4 Å². The van der Waals surface area contributed by atoms with E-state index in [1.807, 2.05) is 31.2 Å². The third-order valence-corrected chi connectivity index (χ3v) is 5.96. The monoisotopic (exact) mass is 390 g/mol. The molecule has 0 aliphatic heterocycles. The number of pyridine rings is 1. The second-order valence-corrected chi connectivity index (χ2v) is 7.81. The highest BCUT2D eigenvalue weighted by molar-refractivity contribution is 6.12. The Kier molecular flexibility index (Phi) is 4.54. The van der Waals surface area contributed by atoms with E-state index in [1.54, 1.807) is 6.92 Å². The first-order valence-corrected chi connectivity index (χ1v) is 9.77. The summed E-state index contributed by atoms with van der Waals surface area (Å²) in [5.74, 6) is -0.779. The minimum absolute atomic E-state index is 0.0353. The van der Waals surface area contributed by atoms with Crippen LogP contribution >= 0.6 is 0 Å². The third kappa shape index (κ3) is 2.85. The standard InChI is InChI=1S/C23H22N2O4/c1-12-8-9-16-14(3)21(29-18(16)10-12)20(26)19-13(2)17(11-24)22(27)25(23(19)28)15-6-4-5-7-15/h8-10,15,28H,4-7H2,1-3H3. The number of ketones is 1. The Labute approximate surface area is 168 Å². The number of furan rings is 1. The van der Waals surface area contributed by atoms with Gasteiger partial charge in [0.15, 0.2) is 5.76 Å². The van der Waals surface area contributed by atoms with Gasteiger partial charge < -0.3 is 9.52 Å². The molecule has 3 aromatic rings. The molecule has 4 rings (SSSR count). The molecule has 0 atom stereocenters. The average Bonchev–Trinajstić information content (AvgIpc) is 3.30. The third-order valence-electron chi connectivity index (χ3n) is 5.96. The molecule has 148 valence electrons. The zero-order valence-electron chi connectivity index (χ0n) is 16.7. The molecular weight excluding hydrogens is 368 g/mol. The number of nitrogens with zero attached hydrogens (tertiary/aromatic N) is 2. The van der Waals surface area contributed by atoms with Gasteiger partial charge in [-0.05, 0) is 50.8 Å². The molecular formula is C23H22N2O4. The Morgan fingerprint density at radius 1 is 1.21 bits per heavy atom. The van der Waals surface area contributed by atoms with E-state index < -0.39 is 11.3 Å². The lowest BCUT2D eigenvalue weighted by Gasteiger charge is -2.19. The van der Waals surface area contributed by atoms with Gasteiger partial charge in [0.25, 0.3) is 5.56 Å². The number of rotatable bonds is 3. The molecule has 0 unspecified atom stereocenters. The maximum Gasteiger partial charge on any atom is 0.271 e. The van der Waals surface area contributed by atoms with Gasteiger partial charge in [0.2, 0.25) is 11.7 Å². The Hall–Kier alpha value is -3.33. The maximum absolute atomic E-state index is 13.4. The van der Waals surface area contributed by atoms with E-state index in [0.29, 0.717) is 11.1 Å². The summed E-state index contributed by atoms with van der Waals surface area (Å²) in [5, 5.41) is 21.3. The number of hydrogen-bond acceptors (Lipinski definition) is 5. The molecule has 6 heteroatoms. The summed E-state index contributed by atoms with van der Waals surface area (Å²) in [7, 11) is 0. The van der Waals surface area contributed by atoms with E-state index in [2.05, 4.69) is 0 Å². The predicted molar refractivity (Wildman–Crippen MR) is 108 cm³/mol. The number of aromatic hydroxyl groups is 1. The minimum Gasteiger partial charge on any atom is -0.494 e. The first kappa shape index (κ1) is 19.0. The number of carbonyl (C=O) groups excluding carboxylic acids is 1. The molecule has 0 radical (unpaired) electrons. The predicted octanol–water partition coefficient (Wildman–Crippen LogP) is 4.44. The van der Waals surface area contributed by atoms with E-state index in [0.717, 1.165) is 36.6 Å². The molecule has 0 amide bonds. The van der Waals surface area contributed by atoms with Gasteiger partial charge in [0.1, 0.15) is 17.2 Å². The van der Waals surface area contributed by atoms with Crippen LogP contribution in [-0.2, 0) is 0 Å². The van der Waals surface area contributed by atoms with Crippen molar-refractivity contribution < 1.29 is 14.3 Å². The molecule has 0 saturated heterocycles. The maximum atomic E-state index is 13.4. The fourth-order valence-electron chi connectivity index (χ4n) is 4.36. The average molecular weight is 390 g/mol. The van der Waals surface area contributed by atoms with E-state index in [-0.39, 0.29) is 34.4 Å². The van der Waals surface area contributed by atoms with E-state index >= 15 is 0 Å². The van der Waals surface area contributed by atoms with Crippen LogP contribution < -0.4 is 5.56 Å². The van der Waals surface area contributed by atoms with Crippen LogP contribution in [0.4, 0.5) is 0 Å². The zero-order valence-corrected chi connectivity index (χ0v) is 16.7. The van der Waals surface area contributed by atoms with Gasteiger partial charge in [-0.3, -0.25) is 14.2 Å². The van der Waals surface area contributed by atoms with Crippen LogP contribution in [0.5, 0.6) is 5.88 Å². The summed E-state index contributed by atoms with van der Waals surface area (Å²) >= 11 is 0. The Morgan fingerprint density at radius 2 is 1.90 bits per heavy atom. The zero-order chi connectivity index (χ0) is 20.9. The highest BCUT2D eigenvalue weighted by Crippen LogP contribution is 2.36. The summed E-state index contributed by atoms with van der Waals surface area (Å²) in [5.41, 5.74) is 1.77. The van der Waals surface area contributed by atoms with Crippen LogP contribution in [0.2, 0.25) is 0 Å². The molecule has 0 spiro atoms. The number of aryl methyl sites for hydroxylation is 2. The molecule has 1 fully saturated rings. The molecule has 2 heterocycles. The normalized spacial score (nSPS) is 14.4. The fraction of sp³-hybridized carbons (Fsp3) is 0.348. The van der Waals surface area contributed by atoms with Gasteiger partial charge in [-0.25, -0.2) is 0 Å². The topological polar surface area (TPSA) is 96.2 Å². The molecule has 2 aromatic heterocycles. The van der Waals surface area contributed by atoms with Crippen molar-refractivity contribution in [3.05, 3.63) is 62.1 Å². The molecule has 29 heavy (non-hydrogen) atoms. The molecule has 1 N–H and O–H groups in total. The van der Waals surface area contributed by atoms with Crippen molar-refractivity contribution in [2.24, 2.45) is 0 Å². The smallest absolute Gasteiger partial charge is 0.271 e. The lowest BCUT2D eigenvalue weighted by Crippen LogP contribution is -2.29. The number of fused-ring (bicyclic) bond motifs is 1. The van der Waals surface area contributed by atoms with Crippen LogP contribution in [0.1, 0.15) is 70.1 Å². The van der Waals surface area contributed by atoms with Crippen molar-refractivity contribution >= 4 is 16.8 Å². The summed E-state index contributed by atoms with van der Waals surface area (Å²) in [6.07, 6.45) is 3.35. The quantitative estimate of drug-likeness (QED) is 0.667. The van der Waals surface area contributed by atoms with E-state index in [1.165, 1.54) is 11.5 Å². The van der Waals surface area contributed by atoms with Gasteiger partial charge in [-0.1, -0.05) is 25.0 Å². The van der Waals surface area contributed by atoms with Gasteiger partial charge in [0.05, 0.1) is 5.56 Å². The number of benzene rings is 1. The van der Waals surface area contributed by atoms with Crippen LogP contribution in [0.3, 0.4) is 0 Å². The van der Waals surface area contributed by atoms with Crippen LogP contribution in [0.25, 0.3) is 11.0 Å². The summed E-state index contributed by atoms with van der Waals surface area (Å²) in [4.78, 5) is 26.3. The van der Waals surface area contributed by atoms with Gasteiger partial charge >= 0.3 is 0 Å². The lowest BCUT2D eigenvalue weighted by molar-refractivity contribution is 0.100. The van der Waals surface area contributed by atoms with Crippen molar-refractivity contribution in [1.29, 1.82) is 5.26 Å². The second-order valence-electron chi connectivity index (χ2n) is 7.81. The summed E-state index contributed by atoms with van der Waals surface area (Å²) in [6.45, 7) is 5.25. The second kappa shape index (κ2) is 6.93. The first-order valence-electron chi connectivity index (χ1n) is 9.77. The SMILES string of the molecule is Cc1ccc2c(C)c(C(=O)c3c(C)c(C#N)c(=O)n(C4CCCC4)c3O)oc2c1. The largest absolute Gasteiger partial charge is 0.494 e. The van der Waals surface area contributed by atoms with Crippen LogP contribution in [-0.4, -0.2) is 15.5 Å². The molecule has 1 aliphatic carbocycles. The highest BCUT2D eigenvalue weighted by atomic mass is 16.3. The van der Waals surface area contributed by atoms with Gasteiger partial charge in [-0.2, -0.15) is 5.26 Å². The molecule has 0 bridgehead atoms.